The van der Waals surface area contributed by atoms with Crippen LogP contribution in [0.3, 0.4) is 0 Å². The van der Waals surface area contributed by atoms with E-state index in [2.05, 4.69) is 25.1 Å². The smallest absolute Gasteiger partial charge is 0.274 e. The fourth-order valence-electron chi connectivity index (χ4n) is 3.45. The summed E-state index contributed by atoms with van der Waals surface area (Å²) in [6, 6.07) is 0. The number of carbonyl (C=O) groups excluding carboxylic acids is 1. The van der Waals surface area contributed by atoms with Crippen molar-refractivity contribution in [2.45, 2.75) is 32.2 Å². The molecule has 4 rings (SSSR count). The van der Waals surface area contributed by atoms with Gasteiger partial charge in [-0.3, -0.25) is 9.78 Å². The van der Waals surface area contributed by atoms with Crippen LogP contribution in [0.1, 0.15) is 46.6 Å². The number of piperidine rings is 1. The fraction of sp³-hybridized carbons (Fsp3) is 0.444. The van der Waals surface area contributed by atoms with Gasteiger partial charge in [-0.05, 0) is 19.8 Å². The molecule has 0 spiro atoms. The van der Waals surface area contributed by atoms with Gasteiger partial charge in [-0.25, -0.2) is 9.97 Å². The molecule has 0 radical (unpaired) electrons. The lowest BCUT2D eigenvalue weighted by Crippen LogP contribution is -2.40. The van der Waals surface area contributed by atoms with E-state index in [-0.39, 0.29) is 11.8 Å². The second kappa shape index (κ2) is 7.26. The molecular formula is C18H22N8O. The van der Waals surface area contributed by atoms with Crippen molar-refractivity contribution in [3.8, 4) is 0 Å². The molecule has 0 aliphatic carbocycles. The molecule has 1 aliphatic heterocycles. The van der Waals surface area contributed by atoms with Crippen molar-refractivity contribution in [3.63, 3.8) is 0 Å². The van der Waals surface area contributed by atoms with Crippen molar-refractivity contribution in [2.75, 3.05) is 13.1 Å². The van der Waals surface area contributed by atoms with Crippen molar-refractivity contribution in [1.82, 2.24) is 39.2 Å². The third kappa shape index (κ3) is 3.57. The molecule has 0 bridgehead atoms. The van der Waals surface area contributed by atoms with Crippen LogP contribution in [0.15, 0.2) is 31.1 Å². The summed E-state index contributed by atoms with van der Waals surface area (Å²) in [6.45, 7) is 3.82. The number of hydrogen-bond donors (Lipinski definition) is 0. The molecular weight excluding hydrogens is 344 g/mol. The molecule has 1 saturated heterocycles. The Bertz CT molecular complexity index is 916. The number of nitrogens with zero attached hydrogens (tertiary/aromatic N) is 8. The lowest BCUT2D eigenvalue weighted by atomic mass is 9.97. The largest absolute Gasteiger partial charge is 0.337 e. The number of rotatable bonds is 4. The molecule has 0 saturated carbocycles. The molecule has 1 aliphatic rings. The van der Waals surface area contributed by atoms with E-state index < -0.39 is 0 Å². The number of aromatic nitrogens is 7. The van der Waals surface area contributed by atoms with Crippen LogP contribution in [0.5, 0.6) is 0 Å². The fourth-order valence-corrected chi connectivity index (χ4v) is 3.45. The molecule has 3 aromatic heterocycles. The van der Waals surface area contributed by atoms with Crippen molar-refractivity contribution in [3.05, 3.63) is 54.2 Å². The van der Waals surface area contributed by atoms with Gasteiger partial charge >= 0.3 is 0 Å². The maximum atomic E-state index is 12.8. The van der Waals surface area contributed by atoms with Gasteiger partial charge in [-0.15, -0.1) is 10.2 Å². The highest BCUT2D eigenvalue weighted by atomic mass is 16.2. The van der Waals surface area contributed by atoms with Gasteiger partial charge in [-0.1, -0.05) is 0 Å². The van der Waals surface area contributed by atoms with Crippen LogP contribution in [-0.2, 0) is 13.6 Å². The standard InChI is InChI=1S/C18H22N8O/c1-13-8-21-15(9-20-13)18(27)26-6-3-4-14(10-26)17-23-22-16(24(17)2)11-25-7-5-19-12-25/h5,7-9,12,14H,3-4,6,10-11H2,1-2H3. The van der Waals surface area contributed by atoms with Gasteiger partial charge in [0.15, 0.2) is 5.82 Å². The number of aryl methyl sites for hydroxylation is 1. The molecule has 4 heterocycles. The summed E-state index contributed by atoms with van der Waals surface area (Å²) in [5.74, 6) is 1.87. The minimum Gasteiger partial charge on any atom is -0.337 e. The summed E-state index contributed by atoms with van der Waals surface area (Å²) in [6.07, 6.45) is 10.5. The van der Waals surface area contributed by atoms with E-state index in [0.717, 1.165) is 36.7 Å². The van der Waals surface area contributed by atoms with E-state index in [1.54, 1.807) is 24.9 Å². The summed E-state index contributed by atoms with van der Waals surface area (Å²) < 4.78 is 3.99. The lowest BCUT2D eigenvalue weighted by Gasteiger charge is -2.32. The molecule has 27 heavy (non-hydrogen) atoms. The van der Waals surface area contributed by atoms with Crippen molar-refractivity contribution < 1.29 is 4.79 Å². The van der Waals surface area contributed by atoms with Gasteiger partial charge in [0.05, 0.1) is 24.8 Å². The first-order chi connectivity index (χ1) is 13.1. The van der Waals surface area contributed by atoms with Gasteiger partial charge in [0.1, 0.15) is 11.5 Å². The number of hydrogen-bond acceptors (Lipinski definition) is 6. The minimum atomic E-state index is -0.0759. The Morgan fingerprint density at radius 2 is 2.15 bits per heavy atom. The van der Waals surface area contributed by atoms with Gasteiger partial charge in [0.2, 0.25) is 0 Å². The monoisotopic (exact) mass is 366 g/mol. The van der Waals surface area contributed by atoms with Gasteiger partial charge in [-0.2, -0.15) is 0 Å². The van der Waals surface area contributed by atoms with Crippen LogP contribution in [0.25, 0.3) is 0 Å². The topological polar surface area (TPSA) is 94.6 Å². The predicted molar refractivity (Wildman–Crippen MR) is 97.0 cm³/mol. The lowest BCUT2D eigenvalue weighted by molar-refractivity contribution is 0.0697. The first-order valence-electron chi connectivity index (χ1n) is 9.03. The van der Waals surface area contributed by atoms with Crippen LogP contribution >= 0.6 is 0 Å². The normalized spacial score (nSPS) is 17.3. The average Bonchev–Trinajstić information content (AvgIpc) is 3.33. The molecule has 9 nitrogen and oxygen atoms in total. The Labute approximate surface area is 157 Å². The van der Waals surface area contributed by atoms with Gasteiger partial charge < -0.3 is 14.0 Å². The summed E-state index contributed by atoms with van der Waals surface area (Å²) in [5.41, 5.74) is 1.19. The van der Waals surface area contributed by atoms with Crippen LogP contribution in [0.2, 0.25) is 0 Å². The molecule has 1 atom stereocenters. The van der Waals surface area contributed by atoms with Gasteiger partial charge in [0.25, 0.3) is 5.91 Å². The van der Waals surface area contributed by atoms with Gasteiger partial charge in [0, 0.05) is 44.6 Å². The summed E-state index contributed by atoms with van der Waals surface area (Å²) in [5, 5.41) is 8.75. The minimum absolute atomic E-state index is 0.0759. The summed E-state index contributed by atoms with van der Waals surface area (Å²) in [7, 11) is 1.98. The number of likely N-dealkylation sites (tertiary alicyclic amines) is 1. The molecule has 1 fully saturated rings. The number of amides is 1. The Morgan fingerprint density at radius 3 is 2.89 bits per heavy atom. The highest BCUT2D eigenvalue weighted by molar-refractivity contribution is 5.92. The van der Waals surface area contributed by atoms with Crippen LogP contribution in [-0.4, -0.2) is 58.2 Å². The first-order valence-corrected chi connectivity index (χ1v) is 9.03. The zero-order valence-corrected chi connectivity index (χ0v) is 15.5. The molecule has 3 aromatic rings. The average molecular weight is 366 g/mol. The second-order valence-corrected chi connectivity index (χ2v) is 6.90. The third-order valence-electron chi connectivity index (χ3n) is 4.96. The molecule has 0 aromatic carbocycles. The SMILES string of the molecule is Cc1cnc(C(=O)N2CCCC(c3nnc(Cn4ccnc4)n3C)C2)cn1. The highest BCUT2D eigenvalue weighted by Crippen LogP contribution is 2.26. The van der Waals surface area contributed by atoms with E-state index in [1.165, 1.54) is 0 Å². The zero-order chi connectivity index (χ0) is 18.8. The van der Waals surface area contributed by atoms with E-state index in [9.17, 15) is 4.79 Å². The Morgan fingerprint density at radius 1 is 1.26 bits per heavy atom. The van der Waals surface area contributed by atoms with E-state index >= 15 is 0 Å². The van der Waals surface area contributed by atoms with Crippen LogP contribution < -0.4 is 0 Å². The first kappa shape index (κ1) is 17.3. The maximum absolute atomic E-state index is 12.8. The van der Waals surface area contributed by atoms with E-state index in [0.29, 0.717) is 18.8 Å². The van der Waals surface area contributed by atoms with Crippen molar-refractivity contribution in [2.24, 2.45) is 7.05 Å². The Balaban J connectivity index is 1.49. The molecule has 1 unspecified atom stereocenters. The molecule has 1 amide bonds. The highest BCUT2D eigenvalue weighted by Gasteiger charge is 2.29. The van der Waals surface area contributed by atoms with Crippen molar-refractivity contribution >= 4 is 5.91 Å². The summed E-state index contributed by atoms with van der Waals surface area (Å²) in [4.78, 5) is 27.1. The zero-order valence-electron chi connectivity index (χ0n) is 15.5. The van der Waals surface area contributed by atoms with Crippen molar-refractivity contribution in [1.29, 1.82) is 0 Å². The quantitative estimate of drug-likeness (QED) is 0.688. The Hall–Kier alpha value is -3.10. The number of imidazole rings is 1. The summed E-state index contributed by atoms with van der Waals surface area (Å²) >= 11 is 0. The maximum Gasteiger partial charge on any atom is 0.274 e. The molecule has 140 valence electrons. The molecule has 9 heteroatoms. The second-order valence-electron chi connectivity index (χ2n) is 6.90. The number of carbonyl (C=O) groups is 1. The third-order valence-corrected chi connectivity index (χ3v) is 4.96. The van der Waals surface area contributed by atoms with E-state index in [4.69, 9.17) is 0 Å². The van der Waals surface area contributed by atoms with Crippen LogP contribution in [0.4, 0.5) is 0 Å². The Kier molecular flexibility index (Phi) is 4.66. The molecule has 0 N–H and O–H groups in total. The van der Waals surface area contributed by atoms with Crippen LogP contribution in [0, 0.1) is 6.92 Å². The predicted octanol–water partition coefficient (Wildman–Crippen LogP) is 1.18. The van der Waals surface area contributed by atoms with E-state index in [1.807, 2.05) is 34.2 Å².